The topological polar surface area (TPSA) is 315 Å². The predicted octanol–water partition coefficient (Wildman–Crippen LogP) is -3.90. The van der Waals surface area contributed by atoms with Crippen LogP contribution in [0.4, 0.5) is 0 Å². The number of imidazole rings is 2. The van der Waals surface area contributed by atoms with Crippen molar-refractivity contribution in [2.24, 2.45) is 27.9 Å². The zero-order valence-corrected chi connectivity index (χ0v) is 22.2. The number of hydrogen-bond acceptors (Lipinski definition) is 9. The molecular formula is C23H36N12O6. The molecule has 2 heterocycles. The maximum atomic E-state index is 13.4. The number of carboxylic acid groups (broad SMARTS) is 1. The van der Waals surface area contributed by atoms with Gasteiger partial charge in [0.2, 0.25) is 23.6 Å². The number of guanidine groups is 1. The van der Waals surface area contributed by atoms with E-state index in [4.69, 9.17) is 22.9 Å². The fraction of sp³-hybridized carbons (Fsp3) is 0.478. The number of nitrogens with one attached hydrogen (secondary N) is 5. The molecule has 0 bridgehead atoms. The molecule has 0 aliphatic carbocycles. The summed E-state index contributed by atoms with van der Waals surface area (Å²) in [6.07, 6.45) is 5.67. The Morgan fingerprint density at radius 1 is 0.829 bits per heavy atom. The van der Waals surface area contributed by atoms with Gasteiger partial charge >= 0.3 is 5.97 Å². The maximum absolute atomic E-state index is 13.4. The van der Waals surface area contributed by atoms with E-state index >= 15 is 0 Å². The summed E-state index contributed by atoms with van der Waals surface area (Å²) in [5, 5.41) is 17.1. The van der Waals surface area contributed by atoms with E-state index < -0.39 is 53.8 Å². The van der Waals surface area contributed by atoms with Crippen LogP contribution in [0.1, 0.15) is 37.1 Å². The number of carbonyl (C=O) groups is 5. The number of aliphatic carboxylic acids is 1. The number of nitrogens with zero attached hydrogens (tertiary/aromatic N) is 3. The Balaban J connectivity index is 2.19. The molecule has 4 atom stereocenters. The molecule has 4 amide bonds. The second-order valence-electron chi connectivity index (χ2n) is 9.14. The number of aromatic amines is 2. The van der Waals surface area contributed by atoms with Crippen molar-refractivity contribution in [2.45, 2.75) is 62.7 Å². The Hall–Kier alpha value is -5.00. The van der Waals surface area contributed by atoms with E-state index in [1.165, 1.54) is 25.0 Å². The zero-order valence-electron chi connectivity index (χ0n) is 22.2. The van der Waals surface area contributed by atoms with E-state index in [0.29, 0.717) is 11.4 Å². The summed E-state index contributed by atoms with van der Waals surface area (Å²) in [5.74, 6) is -4.32. The van der Waals surface area contributed by atoms with E-state index in [1.807, 2.05) is 0 Å². The molecule has 41 heavy (non-hydrogen) atoms. The number of H-pyrrole nitrogens is 2. The lowest BCUT2D eigenvalue weighted by molar-refractivity contribution is -0.142. The largest absolute Gasteiger partial charge is 0.480 e. The molecule has 224 valence electrons. The molecule has 2 aromatic heterocycles. The van der Waals surface area contributed by atoms with Gasteiger partial charge in [0.25, 0.3) is 0 Å². The van der Waals surface area contributed by atoms with Gasteiger partial charge in [-0.25, -0.2) is 14.8 Å². The van der Waals surface area contributed by atoms with Crippen LogP contribution in [0.3, 0.4) is 0 Å². The molecule has 0 aliphatic rings. The number of aromatic nitrogens is 4. The molecule has 2 rings (SSSR count). The number of rotatable bonds is 18. The first kappa shape index (κ1) is 32.2. The van der Waals surface area contributed by atoms with Gasteiger partial charge in [-0.05, 0) is 19.3 Å². The summed E-state index contributed by atoms with van der Waals surface area (Å²) >= 11 is 0. The fourth-order valence-corrected chi connectivity index (χ4v) is 3.66. The standard InChI is InChI=1S/C23H36N12O6/c24-14(3-4-18(25)36)19(37)34-16(6-12-8-28-10-31-12)21(39)35-17(7-13-9-29-11-32-13)20(38)33-15(22(40)41)2-1-5-30-23(26)27/h8-11,14-17H,1-7,24H2,(H2,25,36)(H,28,31)(H,29,32)(H,33,38)(H,34,37)(H,35,39)(H,40,41)(H4,26,27,30). The van der Waals surface area contributed by atoms with Crippen molar-refractivity contribution in [1.29, 1.82) is 0 Å². The fourth-order valence-electron chi connectivity index (χ4n) is 3.66. The molecule has 0 saturated carbocycles. The highest BCUT2D eigenvalue weighted by Gasteiger charge is 2.31. The van der Waals surface area contributed by atoms with Crippen LogP contribution in [0.15, 0.2) is 30.0 Å². The average Bonchev–Trinajstić information content (AvgIpc) is 3.62. The summed E-state index contributed by atoms with van der Waals surface area (Å²) in [6.45, 7) is 0.160. The minimum Gasteiger partial charge on any atom is -0.480 e. The van der Waals surface area contributed by atoms with Gasteiger partial charge in [0.1, 0.15) is 18.1 Å². The van der Waals surface area contributed by atoms with Crippen LogP contribution in [0, 0.1) is 0 Å². The monoisotopic (exact) mass is 576 g/mol. The third-order valence-corrected chi connectivity index (χ3v) is 5.82. The van der Waals surface area contributed by atoms with E-state index in [9.17, 15) is 29.1 Å². The molecule has 0 aliphatic heterocycles. The van der Waals surface area contributed by atoms with Crippen molar-refractivity contribution in [3.05, 3.63) is 36.4 Å². The van der Waals surface area contributed by atoms with Crippen LogP contribution in [-0.2, 0) is 36.8 Å². The Bertz CT molecular complexity index is 1180. The quantitative estimate of drug-likeness (QED) is 0.0464. The zero-order chi connectivity index (χ0) is 30.4. The summed E-state index contributed by atoms with van der Waals surface area (Å²) in [6, 6.07) is -4.89. The molecule has 18 heteroatoms. The Labute approximate surface area is 234 Å². The van der Waals surface area contributed by atoms with Gasteiger partial charge in [-0.3, -0.25) is 24.2 Å². The Morgan fingerprint density at radius 3 is 1.78 bits per heavy atom. The molecule has 18 nitrogen and oxygen atoms in total. The van der Waals surface area contributed by atoms with Gasteiger partial charge in [-0.15, -0.1) is 0 Å². The SMILES string of the molecule is NC(=O)CCC(N)C(=O)NC(Cc1cnc[nH]1)C(=O)NC(Cc1cnc[nH]1)C(=O)NC(CCCN=C(N)N)C(=O)O. The van der Waals surface area contributed by atoms with E-state index in [0.717, 1.165) is 0 Å². The van der Waals surface area contributed by atoms with Crippen molar-refractivity contribution in [3.8, 4) is 0 Å². The molecule has 0 radical (unpaired) electrons. The van der Waals surface area contributed by atoms with Crippen LogP contribution >= 0.6 is 0 Å². The number of carbonyl (C=O) groups excluding carboxylic acids is 4. The van der Waals surface area contributed by atoms with Crippen molar-refractivity contribution in [3.63, 3.8) is 0 Å². The van der Waals surface area contributed by atoms with Crippen LogP contribution in [0.5, 0.6) is 0 Å². The Kier molecular flexibility index (Phi) is 12.7. The van der Waals surface area contributed by atoms with Gasteiger partial charge in [0.15, 0.2) is 5.96 Å². The molecule has 0 saturated heterocycles. The number of carboxylic acids is 1. The molecule has 4 unspecified atom stereocenters. The van der Waals surface area contributed by atoms with Gasteiger partial charge in [0, 0.05) is 49.6 Å². The molecular weight excluding hydrogens is 540 g/mol. The summed E-state index contributed by atoms with van der Waals surface area (Å²) in [4.78, 5) is 79.4. The summed E-state index contributed by atoms with van der Waals surface area (Å²) in [5.41, 5.74) is 22.5. The van der Waals surface area contributed by atoms with Crippen molar-refractivity contribution in [1.82, 2.24) is 35.9 Å². The maximum Gasteiger partial charge on any atom is 0.326 e. The number of hydrogen-bond donors (Lipinski definition) is 10. The normalized spacial score (nSPS) is 13.7. The van der Waals surface area contributed by atoms with Crippen molar-refractivity contribution in [2.75, 3.05) is 6.54 Å². The molecule has 14 N–H and O–H groups in total. The smallest absolute Gasteiger partial charge is 0.326 e. The summed E-state index contributed by atoms with van der Waals surface area (Å²) in [7, 11) is 0. The molecule has 2 aromatic rings. The third kappa shape index (κ3) is 11.7. The summed E-state index contributed by atoms with van der Waals surface area (Å²) < 4.78 is 0. The lowest BCUT2D eigenvalue weighted by Gasteiger charge is -2.25. The number of nitrogens with two attached hydrogens (primary N) is 4. The average molecular weight is 577 g/mol. The minimum absolute atomic E-state index is 0.0181. The molecule has 0 fully saturated rings. The first-order chi connectivity index (χ1) is 19.5. The van der Waals surface area contributed by atoms with Crippen LogP contribution in [0.25, 0.3) is 0 Å². The number of amides is 4. The minimum atomic E-state index is -1.29. The van der Waals surface area contributed by atoms with E-state index in [2.05, 4.69) is 40.9 Å². The van der Waals surface area contributed by atoms with Crippen molar-refractivity contribution >= 4 is 35.6 Å². The van der Waals surface area contributed by atoms with Gasteiger partial charge in [-0.1, -0.05) is 0 Å². The van der Waals surface area contributed by atoms with Crippen molar-refractivity contribution < 1.29 is 29.1 Å². The lowest BCUT2D eigenvalue weighted by Crippen LogP contribution is -2.58. The molecule has 0 spiro atoms. The first-order valence-corrected chi connectivity index (χ1v) is 12.6. The highest BCUT2D eigenvalue weighted by Crippen LogP contribution is 2.06. The number of aliphatic imine (C=N–C) groups is 1. The third-order valence-electron chi connectivity index (χ3n) is 5.82. The van der Waals surface area contributed by atoms with E-state index in [-0.39, 0.29) is 51.0 Å². The predicted molar refractivity (Wildman–Crippen MR) is 144 cm³/mol. The second-order valence-corrected chi connectivity index (χ2v) is 9.14. The van der Waals surface area contributed by atoms with Gasteiger partial charge < -0.3 is 54.0 Å². The van der Waals surface area contributed by atoms with Crippen LogP contribution in [0.2, 0.25) is 0 Å². The lowest BCUT2D eigenvalue weighted by atomic mass is 10.1. The first-order valence-electron chi connectivity index (χ1n) is 12.6. The van der Waals surface area contributed by atoms with Gasteiger partial charge in [0.05, 0.1) is 18.7 Å². The highest BCUT2D eigenvalue weighted by molar-refractivity contribution is 5.94. The van der Waals surface area contributed by atoms with Crippen LogP contribution in [-0.4, -0.2) is 91.3 Å². The van der Waals surface area contributed by atoms with E-state index in [1.54, 1.807) is 0 Å². The second kappa shape index (κ2) is 16.2. The Morgan fingerprint density at radius 2 is 1.34 bits per heavy atom. The number of primary amides is 1. The van der Waals surface area contributed by atoms with Gasteiger partial charge in [-0.2, -0.15) is 0 Å². The van der Waals surface area contributed by atoms with Crippen LogP contribution < -0.4 is 38.9 Å². The molecule has 0 aromatic carbocycles. The highest BCUT2D eigenvalue weighted by atomic mass is 16.4.